The van der Waals surface area contributed by atoms with Gasteiger partial charge >= 0.3 is 6.09 Å². The number of hydrogen-bond donors (Lipinski definition) is 3. The number of carbonyl (C=O) groups excluding carboxylic acids is 3. The molecule has 3 amide bonds. The molecular formula is C32H45N3O7. The number of nitrogens with one attached hydrogen (secondary N) is 2. The molecule has 3 rings (SSSR count). The molecule has 2 aromatic carbocycles. The van der Waals surface area contributed by atoms with Crippen molar-refractivity contribution >= 4 is 17.9 Å². The van der Waals surface area contributed by atoms with Crippen LogP contribution < -0.4 is 10.6 Å². The normalized spacial score (nSPS) is 13.7. The summed E-state index contributed by atoms with van der Waals surface area (Å²) in [5.74, 6) is -0.753. The van der Waals surface area contributed by atoms with Gasteiger partial charge in [-0.15, -0.1) is 0 Å². The summed E-state index contributed by atoms with van der Waals surface area (Å²) >= 11 is 0. The predicted octanol–water partition coefficient (Wildman–Crippen LogP) is 3.67. The van der Waals surface area contributed by atoms with E-state index >= 15 is 0 Å². The maximum Gasteiger partial charge on any atom is 0.407 e. The Labute approximate surface area is 248 Å². The summed E-state index contributed by atoms with van der Waals surface area (Å²) in [6, 6.07) is 15.0. The summed E-state index contributed by atoms with van der Waals surface area (Å²) in [5, 5.41) is 15.1. The number of hydrogen-bond acceptors (Lipinski definition) is 7. The average molecular weight is 584 g/mol. The van der Waals surface area contributed by atoms with E-state index in [4.69, 9.17) is 14.2 Å². The zero-order valence-electron chi connectivity index (χ0n) is 25.1. The monoisotopic (exact) mass is 583 g/mol. The summed E-state index contributed by atoms with van der Waals surface area (Å²) in [6.07, 6.45) is -0.462. The molecule has 0 aromatic heterocycles. The van der Waals surface area contributed by atoms with Gasteiger partial charge in [0.2, 0.25) is 11.8 Å². The molecule has 1 aliphatic rings. The third-order valence-corrected chi connectivity index (χ3v) is 7.40. The van der Waals surface area contributed by atoms with Crippen LogP contribution in [0, 0.1) is 5.92 Å². The summed E-state index contributed by atoms with van der Waals surface area (Å²) in [6.45, 7) is 8.84. The first kappa shape index (κ1) is 33.0. The zero-order chi connectivity index (χ0) is 30.5. The van der Waals surface area contributed by atoms with Gasteiger partial charge in [0.05, 0.1) is 13.2 Å². The van der Waals surface area contributed by atoms with E-state index in [0.29, 0.717) is 19.8 Å². The van der Waals surface area contributed by atoms with E-state index in [9.17, 15) is 19.5 Å². The number of nitrogens with zero attached hydrogens (tertiary/aromatic N) is 1. The predicted molar refractivity (Wildman–Crippen MR) is 160 cm³/mol. The SMILES string of the molecule is CCOC(CN(CC(C)CC)C(=O)C(CO)NC(=O)CCNC(=O)OCC1c2ccccc2-c2ccccc21)OCC. The van der Waals surface area contributed by atoms with E-state index in [1.807, 2.05) is 64.1 Å². The Balaban J connectivity index is 1.49. The van der Waals surface area contributed by atoms with Gasteiger partial charge < -0.3 is 34.9 Å². The van der Waals surface area contributed by atoms with Crippen molar-refractivity contribution in [3.8, 4) is 11.1 Å². The van der Waals surface area contributed by atoms with Crippen LogP contribution in [0.25, 0.3) is 11.1 Å². The molecule has 10 heteroatoms. The lowest BCUT2D eigenvalue weighted by Gasteiger charge is -2.32. The lowest BCUT2D eigenvalue weighted by molar-refractivity contribution is -0.161. The van der Waals surface area contributed by atoms with E-state index in [-0.39, 0.29) is 38.0 Å². The number of carbonyl (C=O) groups is 3. The zero-order valence-corrected chi connectivity index (χ0v) is 25.1. The Morgan fingerprint density at radius 3 is 2.07 bits per heavy atom. The third-order valence-electron chi connectivity index (χ3n) is 7.40. The molecule has 1 aliphatic carbocycles. The highest BCUT2D eigenvalue weighted by Crippen LogP contribution is 2.44. The van der Waals surface area contributed by atoms with Crippen molar-refractivity contribution in [3.05, 3.63) is 59.7 Å². The van der Waals surface area contributed by atoms with Crippen molar-refractivity contribution in [1.29, 1.82) is 0 Å². The van der Waals surface area contributed by atoms with Crippen molar-refractivity contribution in [1.82, 2.24) is 15.5 Å². The first-order valence-electron chi connectivity index (χ1n) is 14.8. The van der Waals surface area contributed by atoms with E-state index < -0.39 is 36.8 Å². The molecule has 0 spiro atoms. The van der Waals surface area contributed by atoms with Crippen LogP contribution in [-0.4, -0.2) is 86.3 Å². The Bertz CT molecular complexity index is 1120. The van der Waals surface area contributed by atoms with Crippen molar-refractivity contribution < 1.29 is 33.7 Å². The van der Waals surface area contributed by atoms with Crippen molar-refractivity contribution in [3.63, 3.8) is 0 Å². The van der Waals surface area contributed by atoms with Gasteiger partial charge in [-0.1, -0.05) is 68.8 Å². The minimum atomic E-state index is -1.13. The van der Waals surface area contributed by atoms with Gasteiger partial charge in [-0.05, 0) is 42.0 Å². The maximum absolute atomic E-state index is 13.3. The smallest absolute Gasteiger partial charge is 0.407 e. The Kier molecular flexibility index (Phi) is 13.2. The average Bonchev–Trinajstić information content (AvgIpc) is 3.31. The Hall–Kier alpha value is -3.47. The number of aliphatic hydroxyl groups excluding tert-OH is 1. The number of rotatable bonds is 17. The summed E-state index contributed by atoms with van der Waals surface area (Å²) < 4.78 is 16.7. The second kappa shape index (κ2) is 16.8. The lowest BCUT2D eigenvalue weighted by Crippen LogP contribution is -2.53. The first-order chi connectivity index (χ1) is 20.3. The number of amides is 3. The molecule has 230 valence electrons. The molecule has 0 saturated heterocycles. The van der Waals surface area contributed by atoms with E-state index in [1.54, 1.807) is 4.90 Å². The molecule has 10 nitrogen and oxygen atoms in total. The Morgan fingerprint density at radius 2 is 1.52 bits per heavy atom. The molecule has 3 N–H and O–H groups in total. The standard InChI is InChI=1S/C32H45N3O7/c1-5-22(4)18-35(19-30(40-6-2)41-7-3)31(38)28(20-36)34-29(37)16-17-33-32(39)42-21-27-25-14-10-8-12-23(25)24-13-9-11-15-26(24)27/h8-15,22,27-28,30,36H,5-7,16-21H2,1-4H3,(H,33,39)(H,34,37). The van der Waals surface area contributed by atoms with E-state index in [1.165, 1.54) is 0 Å². The molecular weight excluding hydrogens is 538 g/mol. The maximum atomic E-state index is 13.3. The summed E-state index contributed by atoms with van der Waals surface area (Å²) in [5.41, 5.74) is 4.50. The molecule has 42 heavy (non-hydrogen) atoms. The second-order valence-corrected chi connectivity index (χ2v) is 10.4. The topological polar surface area (TPSA) is 126 Å². The van der Waals surface area contributed by atoms with Crippen LogP contribution in [0.1, 0.15) is 57.6 Å². The van der Waals surface area contributed by atoms with E-state index in [2.05, 4.69) is 22.8 Å². The van der Waals surface area contributed by atoms with Gasteiger partial charge in [0.25, 0.3) is 0 Å². The molecule has 0 bridgehead atoms. The molecule has 2 unspecified atom stereocenters. The van der Waals surface area contributed by atoms with Crippen LogP contribution in [-0.2, 0) is 23.8 Å². The molecule has 0 aliphatic heterocycles. The first-order valence-corrected chi connectivity index (χ1v) is 14.8. The van der Waals surface area contributed by atoms with Gasteiger partial charge in [0.15, 0.2) is 6.29 Å². The number of alkyl carbamates (subject to hydrolysis) is 1. The molecule has 0 heterocycles. The number of fused-ring (bicyclic) bond motifs is 3. The minimum Gasteiger partial charge on any atom is -0.449 e. The largest absolute Gasteiger partial charge is 0.449 e. The number of ether oxygens (including phenoxy) is 3. The fourth-order valence-electron chi connectivity index (χ4n) is 5.06. The van der Waals surface area contributed by atoms with Crippen LogP contribution in [0.5, 0.6) is 0 Å². The summed E-state index contributed by atoms with van der Waals surface area (Å²) in [7, 11) is 0. The quantitative estimate of drug-likeness (QED) is 0.243. The van der Waals surface area contributed by atoms with Gasteiger partial charge in [0.1, 0.15) is 12.6 Å². The van der Waals surface area contributed by atoms with Gasteiger partial charge in [-0.3, -0.25) is 9.59 Å². The molecule has 2 aromatic rings. The summed E-state index contributed by atoms with van der Waals surface area (Å²) in [4.78, 5) is 40.0. The van der Waals surface area contributed by atoms with Gasteiger partial charge in [-0.2, -0.15) is 0 Å². The van der Waals surface area contributed by atoms with Crippen LogP contribution in [0.2, 0.25) is 0 Å². The fraction of sp³-hybridized carbons (Fsp3) is 0.531. The fourth-order valence-corrected chi connectivity index (χ4v) is 5.06. The van der Waals surface area contributed by atoms with Crippen molar-refractivity contribution in [2.24, 2.45) is 5.92 Å². The van der Waals surface area contributed by atoms with Crippen LogP contribution in [0.4, 0.5) is 4.79 Å². The van der Waals surface area contributed by atoms with Crippen LogP contribution in [0.15, 0.2) is 48.5 Å². The van der Waals surface area contributed by atoms with Gasteiger partial charge in [0, 0.05) is 38.6 Å². The highest BCUT2D eigenvalue weighted by atomic mass is 16.7. The lowest BCUT2D eigenvalue weighted by atomic mass is 9.98. The van der Waals surface area contributed by atoms with Crippen LogP contribution >= 0.6 is 0 Å². The molecule has 0 fully saturated rings. The molecule has 2 atom stereocenters. The van der Waals surface area contributed by atoms with Crippen LogP contribution in [0.3, 0.4) is 0 Å². The highest BCUT2D eigenvalue weighted by Gasteiger charge is 2.30. The van der Waals surface area contributed by atoms with Gasteiger partial charge in [-0.25, -0.2) is 4.79 Å². The minimum absolute atomic E-state index is 0.0161. The second-order valence-electron chi connectivity index (χ2n) is 10.4. The van der Waals surface area contributed by atoms with E-state index in [0.717, 1.165) is 28.7 Å². The molecule has 0 saturated carbocycles. The highest BCUT2D eigenvalue weighted by molar-refractivity contribution is 5.88. The third kappa shape index (κ3) is 9.01. The Morgan fingerprint density at radius 1 is 0.929 bits per heavy atom. The number of benzene rings is 2. The van der Waals surface area contributed by atoms with Crippen molar-refractivity contribution in [2.45, 2.75) is 58.8 Å². The van der Waals surface area contributed by atoms with Crippen molar-refractivity contribution in [2.75, 3.05) is 46.1 Å². The number of aliphatic hydroxyl groups is 1. The molecule has 0 radical (unpaired) electrons.